The molecule has 0 aliphatic rings. The van der Waals surface area contributed by atoms with Crippen LogP contribution in [0.5, 0.6) is 0 Å². The molecule has 0 fully saturated rings. The summed E-state index contributed by atoms with van der Waals surface area (Å²) in [6.07, 6.45) is 0. The van der Waals surface area contributed by atoms with Gasteiger partial charge in [-0.3, -0.25) is 4.57 Å². The van der Waals surface area contributed by atoms with Crippen LogP contribution in [0.25, 0.3) is 0 Å². The van der Waals surface area contributed by atoms with Gasteiger partial charge in [-0.2, -0.15) is 5.26 Å². The van der Waals surface area contributed by atoms with E-state index >= 15 is 0 Å². The Hall–Kier alpha value is 1.24. The van der Waals surface area contributed by atoms with Crippen molar-refractivity contribution in [1.82, 2.24) is 0 Å². The van der Waals surface area contributed by atoms with Crippen molar-refractivity contribution < 1.29 is 70.6 Å². The summed E-state index contributed by atoms with van der Waals surface area (Å²) in [5.41, 5.74) is 0. The second kappa shape index (κ2) is 9.24. The molecule has 0 aromatic carbocycles. The fourth-order valence-corrected chi connectivity index (χ4v) is 0. The van der Waals surface area contributed by atoms with Gasteiger partial charge in [-0.1, -0.05) is 0 Å². The second-order valence-electron chi connectivity index (χ2n) is 0.714. The van der Waals surface area contributed by atoms with Crippen LogP contribution in [0.4, 0.5) is 0 Å². The Morgan fingerprint density at radius 2 is 1.67 bits per heavy atom. The van der Waals surface area contributed by atoms with Gasteiger partial charge in [-0.15, -0.1) is 0 Å². The van der Waals surface area contributed by atoms with Crippen molar-refractivity contribution in [3.63, 3.8) is 0 Å². The molecule has 0 aliphatic heterocycles. The molecule has 0 saturated heterocycles. The summed E-state index contributed by atoms with van der Waals surface area (Å²) in [6.45, 7) is 1.43. The predicted octanol–water partition coefficient (Wildman–Crippen LogP) is -4.03. The van der Waals surface area contributed by atoms with Gasteiger partial charge in [0.2, 0.25) is 0 Å². The van der Waals surface area contributed by atoms with Crippen molar-refractivity contribution >= 4 is 7.82 Å². The van der Waals surface area contributed by atoms with Crippen LogP contribution in [-0.4, -0.2) is 9.79 Å². The fraction of sp³-hybridized carbons (Fsp3) is 0.500. The van der Waals surface area contributed by atoms with Crippen LogP contribution < -0.4 is 56.3 Å². The Kier molecular flexibility index (Phi) is 17.1. The molecule has 0 radical (unpaired) electrons. The zero-order chi connectivity index (χ0) is 7.21. The van der Waals surface area contributed by atoms with E-state index in [1.165, 1.54) is 6.92 Å². The second-order valence-corrected chi connectivity index (χ2v) is 1.70. The summed E-state index contributed by atoms with van der Waals surface area (Å²) in [6, 6.07) is 1.75. The SMILES string of the molecule is CC#N.O=P([O-])(O)O.[K+]. The Morgan fingerprint density at radius 1 is 1.67 bits per heavy atom. The maximum Gasteiger partial charge on any atom is 1.00 e. The Bertz CT molecular complexity index is 117. The van der Waals surface area contributed by atoms with Gasteiger partial charge in [0.1, 0.15) is 0 Å². The van der Waals surface area contributed by atoms with E-state index in [-0.39, 0.29) is 51.4 Å². The summed E-state index contributed by atoms with van der Waals surface area (Å²) < 4.78 is 8.77. The molecule has 0 rings (SSSR count). The van der Waals surface area contributed by atoms with Gasteiger partial charge in [0, 0.05) is 6.92 Å². The van der Waals surface area contributed by atoms with E-state index in [0.717, 1.165) is 0 Å². The molecule has 0 unspecified atom stereocenters. The zero-order valence-corrected chi connectivity index (χ0v) is 9.12. The Labute approximate surface area is 95.4 Å². The first-order valence-corrected chi connectivity index (χ1v) is 3.02. The third-order valence-corrected chi connectivity index (χ3v) is 0. The first kappa shape index (κ1) is 16.7. The Morgan fingerprint density at radius 3 is 1.67 bits per heavy atom. The first-order valence-electron chi connectivity index (χ1n) is 1.49. The molecule has 0 aromatic heterocycles. The standard InChI is InChI=1S/C2H3N.K.H3O4P/c1-2-3;;1-5(2,3)4/h1H3;;(H3,1,2,3,4)/q;+1;/p-1. The van der Waals surface area contributed by atoms with Crippen molar-refractivity contribution in [1.29, 1.82) is 5.26 Å². The fourth-order valence-electron chi connectivity index (χ4n) is 0. The molecule has 9 heavy (non-hydrogen) atoms. The van der Waals surface area contributed by atoms with Crippen molar-refractivity contribution in [3.05, 3.63) is 0 Å². The van der Waals surface area contributed by atoms with E-state index < -0.39 is 7.82 Å². The molecular formula is C2H5KNO4P. The van der Waals surface area contributed by atoms with Crippen LogP contribution in [0.3, 0.4) is 0 Å². The van der Waals surface area contributed by atoms with E-state index in [9.17, 15) is 0 Å². The zero-order valence-electron chi connectivity index (χ0n) is 5.11. The molecular weight excluding hydrogens is 172 g/mol. The van der Waals surface area contributed by atoms with E-state index in [0.29, 0.717) is 0 Å². The van der Waals surface area contributed by atoms with Crippen LogP contribution in [0.15, 0.2) is 0 Å². The number of phosphoric acid groups is 1. The minimum atomic E-state index is -4.89. The van der Waals surface area contributed by atoms with E-state index in [1.54, 1.807) is 6.07 Å². The molecule has 0 aromatic rings. The molecule has 0 aliphatic carbocycles. The molecule has 7 heteroatoms. The number of nitriles is 1. The van der Waals surface area contributed by atoms with E-state index in [2.05, 4.69) is 0 Å². The van der Waals surface area contributed by atoms with E-state index in [1.807, 2.05) is 0 Å². The minimum Gasteiger partial charge on any atom is -0.756 e. The summed E-state index contributed by atoms with van der Waals surface area (Å²) >= 11 is 0. The van der Waals surface area contributed by atoms with Crippen molar-refractivity contribution in [2.24, 2.45) is 0 Å². The van der Waals surface area contributed by atoms with Gasteiger partial charge < -0.3 is 14.7 Å². The van der Waals surface area contributed by atoms with Gasteiger partial charge in [-0.25, -0.2) is 0 Å². The average Bonchev–Trinajstić information content (AvgIpc) is 1.27. The van der Waals surface area contributed by atoms with Crippen LogP contribution in [0.1, 0.15) is 6.92 Å². The molecule has 5 nitrogen and oxygen atoms in total. The molecule has 0 spiro atoms. The number of rotatable bonds is 0. The number of hydrogen-bond donors (Lipinski definition) is 2. The van der Waals surface area contributed by atoms with Crippen LogP contribution >= 0.6 is 7.82 Å². The summed E-state index contributed by atoms with van der Waals surface area (Å²) in [5.74, 6) is 0. The molecule has 0 bridgehead atoms. The molecule has 2 N–H and O–H groups in total. The topological polar surface area (TPSA) is 104 Å². The quantitative estimate of drug-likeness (QED) is 0.289. The Balaban J connectivity index is -0.0000000800. The van der Waals surface area contributed by atoms with Gasteiger partial charge in [0.25, 0.3) is 7.82 Å². The summed E-state index contributed by atoms with van der Waals surface area (Å²) in [4.78, 5) is 22.9. The van der Waals surface area contributed by atoms with Crippen LogP contribution in [0.2, 0.25) is 0 Å². The van der Waals surface area contributed by atoms with Crippen LogP contribution in [0, 0.1) is 11.3 Å². The van der Waals surface area contributed by atoms with Crippen molar-refractivity contribution in [3.8, 4) is 6.07 Å². The number of hydrogen-bond acceptors (Lipinski definition) is 3. The third kappa shape index (κ3) is 316. The first-order chi connectivity index (χ1) is 3.41. The largest absolute Gasteiger partial charge is 1.00 e. The van der Waals surface area contributed by atoms with Gasteiger partial charge >= 0.3 is 51.4 Å². The monoisotopic (exact) mass is 177 g/mol. The van der Waals surface area contributed by atoms with Gasteiger partial charge in [0.15, 0.2) is 0 Å². The molecule has 0 saturated carbocycles. The minimum absolute atomic E-state index is 0. The normalized spacial score (nSPS) is 7.44. The predicted molar refractivity (Wildman–Crippen MR) is 23.3 cm³/mol. The summed E-state index contributed by atoms with van der Waals surface area (Å²) in [7, 11) is -4.89. The van der Waals surface area contributed by atoms with Crippen LogP contribution in [-0.2, 0) is 4.57 Å². The maximum atomic E-state index is 8.77. The maximum absolute atomic E-state index is 8.77. The average molecular weight is 177 g/mol. The third-order valence-electron chi connectivity index (χ3n) is 0. The smallest absolute Gasteiger partial charge is 0.756 e. The molecule has 0 atom stereocenters. The van der Waals surface area contributed by atoms with Crippen molar-refractivity contribution in [2.75, 3.05) is 0 Å². The van der Waals surface area contributed by atoms with Gasteiger partial charge in [-0.05, 0) is 0 Å². The van der Waals surface area contributed by atoms with Crippen molar-refractivity contribution in [2.45, 2.75) is 6.92 Å². The van der Waals surface area contributed by atoms with Gasteiger partial charge in [0.05, 0.1) is 6.07 Å². The van der Waals surface area contributed by atoms with E-state index in [4.69, 9.17) is 24.5 Å². The molecule has 48 valence electrons. The number of nitrogens with zero attached hydrogens (tertiary/aromatic N) is 1. The molecule has 0 heterocycles. The molecule has 0 amide bonds. The summed E-state index contributed by atoms with van der Waals surface area (Å²) in [5, 5.41) is 7.32.